The van der Waals surface area contributed by atoms with E-state index in [0.717, 1.165) is 4.47 Å². The monoisotopic (exact) mass is 298 g/mol. The van der Waals surface area contributed by atoms with Crippen molar-refractivity contribution in [1.29, 1.82) is 0 Å². The topological polar surface area (TPSA) is 0 Å². The minimum absolute atomic E-state index is 0.154. The fourth-order valence-electron chi connectivity index (χ4n) is 2.71. The summed E-state index contributed by atoms with van der Waals surface area (Å²) in [5.74, 6) is 0.811. The van der Waals surface area contributed by atoms with Gasteiger partial charge in [0, 0.05) is 16.3 Å². The lowest BCUT2D eigenvalue weighted by molar-refractivity contribution is 0.894. The first-order chi connectivity index (χ1) is 7.34. The van der Waals surface area contributed by atoms with Gasteiger partial charge in [-0.1, -0.05) is 34.1 Å². The average Bonchev–Trinajstić information content (AvgIpc) is 2.67. The van der Waals surface area contributed by atoms with Crippen molar-refractivity contribution in [3.8, 4) is 0 Å². The number of halogens is 2. The van der Waals surface area contributed by atoms with Gasteiger partial charge in [0.1, 0.15) is 0 Å². The third-order valence-corrected chi connectivity index (χ3v) is 4.32. The van der Waals surface area contributed by atoms with Gasteiger partial charge in [0.25, 0.3) is 0 Å². The van der Waals surface area contributed by atoms with Crippen molar-refractivity contribution in [3.63, 3.8) is 0 Å². The highest BCUT2D eigenvalue weighted by molar-refractivity contribution is 9.10. The fraction of sp³-hybridized carbons (Fsp3) is 0.429. The lowest BCUT2D eigenvalue weighted by Gasteiger charge is -2.04. The summed E-state index contributed by atoms with van der Waals surface area (Å²) in [6.07, 6.45) is 0. The van der Waals surface area contributed by atoms with Crippen LogP contribution in [0.2, 0.25) is 0 Å². The Hall–Kier alpha value is -0.270. The molecule has 2 rings (SSSR count). The van der Waals surface area contributed by atoms with Crippen LogP contribution in [0.4, 0.5) is 0 Å². The number of allylic oxidation sites excluding steroid dienone is 1. The predicted octanol–water partition coefficient (Wildman–Crippen LogP) is 5.04. The summed E-state index contributed by atoms with van der Waals surface area (Å²) in [7, 11) is 0. The molecular formula is C14H16BrCl. The molecule has 3 atom stereocenters. The first kappa shape index (κ1) is 12.2. The van der Waals surface area contributed by atoms with Crippen LogP contribution < -0.4 is 0 Å². The molecule has 1 aliphatic rings. The van der Waals surface area contributed by atoms with Gasteiger partial charge in [0.2, 0.25) is 0 Å². The molecule has 0 aromatic heterocycles. The molecule has 0 saturated heterocycles. The Kier molecular flexibility index (Phi) is 2.96. The highest BCUT2D eigenvalue weighted by atomic mass is 79.9. The molecular weight excluding hydrogens is 284 g/mol. The lowest BCUT2D eigenvalue weighted by atomic mass is 10.0. The van der Waals surface area contributed by atoms with Crippen LogP contribution in [0.5, 0.6) is 0 Å². The van der Waals surface area contributed by atoms with Crippen molar-refractivity contribution < 1.29 is 0 Å². The Morgan fingerprint density at radius 2 is 2.06 bits per heavy atom. The number of hydrogen-bond donors (Lipinski definition) is 0. The first-order valence-corrected chi connectivity index (χ1v) is 6.62. The highest BCUT2D eigenvalue weighted by Gasteiger charge is 2.61. The van der Waals surface area contributed by atoms with Crippen LogP contribution in [0.1, 0.15) is 30.9 Å². The van der Waals surface area contributed by atoms with E-state index in [1.165, 1.54) is 16.7 Å². The summed E-state index contributed by atoms with van der Waals surface area (Å²) in [5.41, 5.74) is 3.77. The van der Waals surface area contributed by atoms with Crippen LogP contribution in [0.25, 0.3) is 0 Å². The summed E-state index contributed by atoms with van der Waals surface area (Å²) in [5, 5.41) is 0. The largest absolute Gasteiger partial charge is 0.118 e. The molecule has 0 spiro atoms. The Labute approximate surface area is 111 Å². The molecule has 0 nitrogen and oxygen atoms in total. The van der Waals surface area contributed by atoms with Gasteiger partial charge in [-0.15, -0.1) is 11.6 Å². The van der Waals surface area contributed by atoms with Crippen LogP contribution in [0.3, 0.4) is 0 Å². The van der Waals surface area contributed by atoms with Crippen molar-refractivity contribution in [2.45, 2.75) is 31.6 Å². The van der Waals surface area contributed by atoms with E-state index in [1.54, 1.807) is 0 Å². The summed E-state index contributed by atoms with van der Waals surface area (Å²) < 4.78 is 1.13. The van der Waals surface area contributed by atoms with Gasteiger partial charge in [-0.25, -0.2) is 0 Å². The second kappa shape index (κ2) is 3.89. The molecule has 3 unspecified atom stereocenters. The number of hydrogen-bond acceptors (Lipinski definition) is 0. The molecule has 0 aliphatic heterocycles. The van der Waals surface area contributed by atoms with Crippen LogP contribution in [0.15, 0.2) is 34.8 Å². The van der Waals surface area contributed by atoms with E-state index in [4.69, 9.17) is 11.6 Å². The minimum atomic E-state index is -0.154. The molecule has 0 radical (unpaired) electrons. The second-order valence-electron chi connectivity index (χ2n) is 5.01. The molecule has 0 heterocycles. The van der Waals surface area contributed by atoms with Crippen LogP contribution >= 0.6 is 27.5 Å². The summed E-state index contributed by atoms with van der Waals surface area (Å²) >= 11 is 10.1. The lowest BCUT2D eigenvalue weighted by Crippen LogP contribution is -1.95. The fourth-order valence-corrected chi connectivity index (χ4v) is 3.84. The van der Waals surface area contributed by atoms with E-state index in [1.807, 2.05) is 0 Å². The molecule has 1 aromatic carbocycles. The third-order valence-electron chi connectivity index (χ3n) is 3.39. The zero-order chi connectivity index (χ0) is 12.1. The number of rotatable bonds is 2. The van der Waals surface area contributed by atoms with Crippen molar-refractivity contribution in [1.82, 2.24) is 0 Å². The van der Waals surface area contributed by atoms with E-state index in [-0.39, 0.29) is 4.87 Å². The van der Waals surface area contributed by atoms with E-state index in [9.17, 15) is 0 Å². The van der Waals surface area contributed by atoms with Crippen molar-refractivity contribution in [2.75, 3.05) is 0 Å². The minimum Gasteiger partial charge on any atom is -0.118 e. The first-order valence-electron chi connectivity index (χ1n) is 5.45. The van der Waals surface area contributed by atoms with Gasteiger partial charge < -0.3 is 0 Å². The molecule has 1 fully saturated rings. The van der Waals surface area contributed by atoms with Gasteiger partial charge in [0.15, 0.2) is 0 Å². The molecule has 0 amide bonds. The number of benzene rings is 1. The zero-order valence-corrected chi connectivity index (χ0v) is 12.2. The Balaban J connectivity index is 2.37. The van der Waals surface area contributed by atoms with Crippen LogP contribution in [0, 0.1) is 12.8 Å². The quantitative estimate of drug-likeness (QED) is 0.530. The molecule has 1 aliphatic carbocycles. The maximum absolute atomic E-state index is 6.53. The average molecular weight is 300 g/mol. The van der Waals surface area contributed by atoms with Crippen molar-refractivity contribution in [2.24, 2.45) is 5.92 Å². The van der Waals surface area contributed by atoms with E-state index in [2.05, 4.69) is 61.5 Å². The molecule has 0 bridgehead atoms. The highest BCUT2D eigenvalue weighted by Crippen LogP contribution is 2.64. The SMILES string of the molecule is C=C(C)C1C(c2cc(C)cc(Br)c2)C1(C)Cl. The maximum atomic E-state index is 6.53. The Morgan fingerprint density at radius 1 is 1.44 bits per heavy atom. The predicted molar refractivity (Wildman–Crippen MR) is 74.2 cm³/mol. The molecule has 86 valence electrons. The van der Waals surface area contributed by atoms with Gasteiger partial charge in [0.05, 0.1) is 4.87 Å². The van der Waals surface area contributed by atoms with Gasteiger partial charge in [-0.3, -0.25) is 0 Å². The number of alkyl halides is 1. The molecule has 1 aromatic rings. The molecule has 0 N–H and O–H groups in total. The summed E-state index contributed by atoms with van der Waals surface area (Å²) in [6, 6.07) is 6.51. The summed E-state index contributed by atoms with van der Waals surface area (Å²) in [6.45, 7) is 10.3. The third kappa shape index (κ3) is 1.96. The second-order valence-corrected chi connectivity index (χ2v) is 6.74. The smallest absolute Gasteiger partial charge is 0.0564 e. The molecule has 2 heteroatoms. The van der Waals surface area contributed by atoms with Crippen LogP contribution in [-0.2, 0) is 0 Å². The zero-order valence-electron chi connectivity index (χ0n) is 9.85. The van der Waals surface area contributed by atoms with E-state index < -0.39 is 0 Å². The normalized spacial score (nSPS) is 32.6. The Morgan fingerprint density at radius 3 is 2.50 bits per heavy atom. The Bertz CT molecular complexity index is 428. The van der Waals surface area contributed by atoms with E-state index in [0.29, 0.717) is 11.8 Å². The maximum Gasteiger partial charge on any atom is 0.0564 e. The van der Waals surface area contributed by atoms with Crippen molar-refractivity contribution >= 4 is 27.5 Å². The van der Waals surface area contributed by atoms with Crippen molar-refractivity contribution in [3.05, 3.63) is 46.0 Å². The van der Waals surface area contributed by atoms with E-state index >= 15 is 0 Å². The molecule has 16 heavy (non-hydrogen) atoms. The van der Waals surface area contributed by atoms with Gasteiger partial charge in [-0.05, 0) is 44.0 Å². The summed E-state index contributed by atoms with van der Waals surface area (Å²) in [4.78, 5) is -0.154. The molecule has 1 saturated carbocycles. The standard InChI is InChI=1S/C14H16BrCl/c1-8(2)12-13(14(12,4)16)10-5-9(3)6-11(15)7-10/h5-7,12-13H,1H2,2-4H3. The number of aryl methyl sites for hydroxylation is 1. The van der Waals surface area contributed by atoms with Gasteiger partial charge in [-0.2, -0.15) is 0 Å². The van der Waals surface area contributed by atoms with Crippen LogP contribution in [-0.4, -0.2) is 4.87 Å². The van der Waals surface area contributed by atoms with Gasteiger partial charge >= 0.3 is 0 Å².